The quantitative estimate of drug-likeness (QED) is 0.569. The number of carbonyl (C=O) groups excluding carboxylic acids is 1. The molecule has 1 rings (SSSR count). The molecule has 0 fully saturated rings. The third-order valence-electron chi connectivity index (χ3n) is 3.32. The van der Waals surface area contributed by atoms with Crippen molar-refractivity contribution < 1.29 is 4.79 Å². The Hall–Kier alpha value is -1.51. The summed E-state index contributed by atoms with van der Waals surface area (Å²) < 4.78 is 0. The van der Waals surface area contributed by atoms with E-state index in [1.54, 1.807) is 0 Å². The van der Waals surface area contributed by atoms with Crippen molar-refractivity contribution in [2.45, 2.75) is 52.4 Å². The lowest BCUT2D eigenvalue weighted by Crippen LogP contribution is -2.30. The van der Waals surface area contributed by atoms with Gasteiger partial charge in [0.1, 0.15) is 0 Å². The van der Waals surface area contributed by atoms with Gasteiger partial charge in [-0.15, -0.1) is 0 Å². The van der Waals surface area contributed by atoms with Gasteiger partial charge < -0.3 is 10.6 Å². The second-order valence-corrected chi connectivity index (χ2v) is 4.89. The number of rotatable bonds is 8. The standard InChI is InChI=1S/C16H26N2O/c1-3-5-6-7-8-9-16(19)18(4-2)15-12-10-14(17)11-13-15/h10-13H,3-9,17H2,1-2H3. The van der Waals surface area contributed by atoms with Crippen molar-refractivity contribution in [3.63, 3.8) is 0 Å². The van der Waals surface area contributed by atoms with Gasteiger partial charge in [0.15, 0.2) is 0 Å². The molecule has 3 heteroatoms. The van der Waals surface area contributed by atoms with E-state index in [1.165, 1.54) is 19.3 Å². The minimum absolute atomic E-state index is 0.212. The highest BCUT2D eigenvalue weighted by Gasteiger charge is 2.12. The number of amides is 1. The summed E-state index contributed by atoms with van der Waals surface area (Å²) in [5.74, 6) is 0.212. The van der Waals surface area contributed by atoms with E-state index >= 15 is 0 Å². The van der Waals surface area contributed by atoms with Gasteiger partial charge in [-0.25, -0.2) is 0 Å². The molecule has 0 bridgehead atoms. The molecule has 0 saturated heterocycles. The van der Waals surface area contributed by atoms with Crippen molar-refractivity contribution in [1.82, 2.24) is 0 Å². The first-order valence-corrected chi connectivity index (χ1v) is 7.35. The maximum absolute atomic E-state index is 12.2. The SMILES string of the molecule is CCCCCCCC(=O)N(CC)c1ccc(N)cc1. The summed E-state index contributed by atoms with van der Waals surface area (Å²) in [6.07, 6.45) is 6.52. The van der Waals surface area contributed by atoms with E-state index in [9.17, 15) is 4.79 Å². The van der Waals surface area contributed by atoms with Crippen molar-refractivity contribution in [3.05, 3.63) is 24.3 Å². The zero-order valence-corrected chi connectivity index (χ0v) is 12.2. The average molecular weight is 262 g/mol. The molecule has 2 N–H and O–H groups in total. The van der Waals surface area contributed by atoms with Gasteiger partial charge in [-0.2, -0.15) is 0 Å². The fraction of sp³-hybridized carbons (Fsp3) is 0.562. The molecule has 1 aromatic rings. The van der Waals surface area contributed by atoms with Crippen molar-refractivity contribution in [2.24, 2.45) is 0 Å². The first-order valence-electron chi connectivity index (χ1n) is 7.35. The molecule has 1 amide bonds. The molecule has 1 aromatic carbocycles. The molecular weight excluding hydrogens is 236 g/mol. The van der Waals surface area contributed by atoms with Crippen molar-refractivity contribution in [3.8, 4) is 0 Å². The number of anilines is 2. The summed E-state index contributed by atoms with van der Waals surface area (Å²) in [7, 11) is 0. The van der Waals surface area contributed by atoms with E-state index in [2.05, 4.69) is 6.92 Å². The summed E-state index contributed by atoms with van der Waals surface area (Å²) in [5.41, 5.74) is 7.34. The predicted octanol–water partition coefficient (Wildman–Crippen LogP) is 3.98. The van der Waals surface area contributed by atoms with Crippen LogP contribution in [0.5, 0.6) is 0 Å². The largest absolute Gasteiger partial charge is 0.399 e. The van der Waals surface area contributed by atoms with Crippen LogP contribution in [0.25, 0.3) is 0 Å². The Balaban J connectivity index is 2.45. The maximum Gasteiger partial charge on any atom is 0.226 e. The second-order valence-electron chi connectivity index (χ2n) is 4.89. The predicted molar refractivity (Wildman–Crippen MR) is 82.3 cm³/mol. The molecule has 19 heavy (non-hydrogen) atoms. The first kappa shape index (κ1) is 15.5. The normalized spacial score (nSPS) is 10.4. The number of benzene rings is 1. The molecule has 0 radical (unpaired) electrons. The molecule has 0 spiro atoms. The molecular formula is C16H26N2O. The number of hydrogen-bond donors (Lipinski definition) is 1. The van der Waals surface area contributed by atoms with Crippen LogP contribution in [0.15, 0.2) is 24.3 Å². The fourth-order valence-electron chi connectivity index (χ4n) is 2.17. The van der Waals surface area contributed by atoms with Gasteiger partial charge in [0.25, 0.3) is 0 Å². The van der Waals surface area contributed by atoms with Gasteiger partial charge in [0.05, 0.1) is 0 Å². The van der Waals surface area contributed by atoms with E-state index in [-0.39, 0.29) is 5.91 Å². The van der Waals surface area contributed by atoms with Crippen LogP contribution < -0.4 is 10.6 Å². The fourth-order valence-corrected chi connectivity index (χ4v) is 2.17. The molecule has 0 unspecified atom stereocenters. The van der Waals surface area contributed by atoms with E-state index in [0.717, 1.165) is 24.2 Å². The third kappa shape index (κ3) is 5.33. The highest BCUT2D eigenvalue weighted by Crippen LogP contribution is 2.18. The van der Waals surface area contributed by atoms with Crippen LogP contribution in [0.1, 0.15) is 52.4 Å². The lowest BCUT2D eigenvalue weighted by Gasteiger charge is -2.21. The second kappa shape index (κ2) is 8.57. The van der Waals surface area contributed by atoms with Crippen LogP contribution in [0.3, 0.4) is 0 Å². The molecule has 106 valence electrons. The number of nitrogens with zero attached hydrogens (tertiary/aromatic N) is 1. The number of unbranched alkanes of at least 4 members (excludes halogenated alkanes) is 4. The zero-order valence-electron chi connectivity index (χ0n) is 12.2. The van der Waals surface area contributed by atoms with Crippen molar-refractivity contribution in [1.29, 1.82) is 0 Å². The smallest absolute Gasteiger partial charge is 0.226 e. The van der Waals surface area contributed by atoms with E-state index < -0.39 is 0 Å². The molecule has 0 saturated carbocycles. The monoisotopic (exact) mass is 262 g/mol. The average Bonchev–Trinajstić information content (AvgIpc) is 2.41. The van der Waals surface area contributed by atoms with E-state index in [1.807, 2.05) is 36.1 Å². The Labute approximate surface area is 116 Å². The van der Waals surface area contributed by atoms with Crippen LogP contribution in [-0.2, 0) is 4.79 Å². The number of hydrogen-bond acceptors (Lipinski definition) is 2. The van der Waals surface area contributed by atoms with Crippen molar-refractivity contribution >= 4 is 17.3 Å². The summed E-state index contributed by atoms with van der Waals surface area (Å²) in [5, 5.41) is 0. The van der Waals surface area contributed by atoms with Gasteiger partial charge in [0.2, 0.25) is 5.91 Å². The first-order chi connectivity index (χ1) is 9.19. The summed E-state index contributed by atoms with van der Waals surface area (Å²) in [6.45, 7) is 4.91. The Bertz CT molecular complexity index is 373. The van der Waals surface area contributed by atoms with Crippen LogP contribution in [-0.4, -0.2) is 12.5 Å². The minimum Gasteiger partial charge on any atom is -0.399 e. The number of carbonyl (C=O) groups is 1. The third-order valence-corrected chi connectivity index (χ3v) is 3.32. The number of nitrogen functional groups attached to an aromatic ring is 1. The topological polar surface area (TPSA) is 46.3 Å². The Morgan fingerprint density at radius 1 is 1.05 bits per heavy atom. The summed E-state index contributed by atoms with van der Waals surface area (Å²) in [6, 6.07) is 7.50. The van der Waals surface area contributed by atoms with Gasteiger partial charge in [-0.1, -0.05) is 32.6 Å². The molecule has 0 heterocycles. The van der Waals surface area contributed by atoms with Crippen LogP contribution in [0.4, 0.5) is 11.4 Å². The van der Waals surface area contributed by atoms with Crippen LogP contribution >= 0.6 is 0 Å². The molecule has 0 aliphatic rings. The summed E-state index contributed by atoms with van der Waals surface area (Å²) >= 11 is 0. The highest BCUT2D eigenvalue weighted by atomic mass is 16.2. The van der Waals surface area contributed by atoms with Gasteiger partial charge in [-0.05, 0) is 37.6 Å². The van der Waals surface area contributed by atoms with Gasteiger partial charge in [0, 0.05) is 24.3 Å². The van der Waals surface area contributed by atoms with Crippen LogP contribution in [0.2, 0.25) is 0 Å². The maximum atomic E-state index is 12.2. The lowest BCUT2D eigenvalue weighted by atomic mass is 10.1. The summed E-state index contributed by atoms with van der Waals surface area (Å²) in [4.78, 5) is 14.0. The molecule has 3 nitrogen and oxygen atoms in total. The van der Waals surface area contributed by atoms with Gasteiger partial charge in [-0.3, -0.25) is 4.79 Å². The Morgan fingerprint density at radius 2 is 1.68 bits per heavy atom. The zero-order chi connectivity index (χ0) is 14.1. The minimum atomic E-state index is 0.212. The molecule has 0 aliphatic heterocycles. The van der Waals surface area contributed by atoms with E-state index in [4.69, 9.17) is 5.73 Å². The van der Waals surface area contributed by atoms with E-state index in [0.29, 0.717) is 13.0 Å². The molecule has 0 atom stereocenters. The van der Waals surface area contributed by atoms with Crippen molar-refractivity contribution in [2.75, 3.05) is 17.2 Å². The lowest BCUT2D eigenvalue weighted by molar-refractivity contribution is -0.118. The Kier molecular flexibility index (Phi) is 7.01. The molecule has 0 aliphatic carbocycles. The van der Waals surface area contributed by atoms with Crippen LogP contribution in [0, 0.1) is 0 Å². The van der Waals surface area contributed by atoms with Gasteiger partial charge >= 0.3 is 0 Å². The number of nitrogens with two attached hydrogens (primary N) is 1. The highest BCUT2D eigenvalue weighted by molar-refractivity contribution is 5.93. The molecule has 0 aromatic heterocycles. The Morgan fingerprint density at radius 3 is 2.26 bits per heavy atom.